The summed E-state index contributed by atoms with van der Waals surface area (Å²) in [5.74, 6) is 0.779. The van der Waals surface area contributed by atoms with E-state index in [1.165, 1.54) is 12.0 Å². The van der Waals surface area contributed by atoms with Crippen molar-refractivity contribution in [3.63, 3.8) is 0 Å². The van der Waals surface area contributed by atoms with Crippen molar-refractivity contribution in [2.75, 3.05) is 6.54 Å². The Labute approximate surface area is 134 Å². The lowest BCUT2D eigenvalue weighted by Crippen LogP contribution is -2.24. The third-order valence-electron chi connectivity index (χ3n) is 4.24. The van der Waals surface area contributed by atoms with Gasteiger partial charge in [-0.3, -0.25) is 14.9 Å². The van der Waals surface area contributed by atoms with Gasteiger partial charge < -0.3 is 4.98 Å². The number of nitrogens with zero attached hydrogens (tertiary/aromatic N) is 5. The van der Waals surface area contributed by atoms with E-state index < -0.39 is 0 Å². The normalized spacial score (nSPS) is 18.3. The number of hydrogen-bond donors (Lipinski definition) is 1. The van der Waals surface area contributed by atoms with Crippen LogP contribution in [0.1, 0.15) is 30.1 Å². The Bertz CT molecular complexity index is 756. The van der Waals surface area contributed by atoms with E-state index in [9.17, 15) is 0 Å². The molecule has 6 heteroatoms. The third-order valence-corrected chi connectivity index (χ3v) is 4.24. The summed E-state index contributed by atoms with van der Waals surface area (Å²) in [4.78, 5) is 23.3. The fraction of sp³-hybridized carbons (Fsp3) is 0.294. The molecular weight excluding hydrogens is 288 g/mol. The highest BCUT2D eigenvalue weighted by Crippen LogP contribution is 2.35. The number of imidazole rings is 1. The minimum Gasteiger partial charge on any atom is -0.343 e. The van der Waals surface area contributed by atoms with Gasteiger partial charge in [-0.2, -0.15) is 0 Å². The number of pyridine rings is 1. The maximum Gasteiger partial charge on any atom is 0.157 e. The van der Waals surface area contributed by atoms with Gasteiger partial charge in [-0.05, 0) is 31.0 Å². The number of hydrogen-bond acceptors (Lipinski definition) is 5. The molecule has 1 fully saturated rings. The van der Waals surface area contributed by atoms with E-state index >= 15 is 0 Å². The summed E-state index contributed by atoms with van der Waals surface area (Å²) in [5, 5.41) is 0. The first-order valence-electron chi connectivity index (χ1n) is 7.85. The molecule has 116 valence electrons. The van der Waals surface area contributed by atoms with Crippen molar-refractivity contribution in [2.45, 2.75) is 25.4 Å². The van der Waals surface area contributed by atoms with Gasteiger partial charge in [0.25, 0.3) is 0 Å². The van der Waals surface area contributed by atoms with Crippen LogP contribution in [-0.4, -0.2) is 36.4 Å². The van der Waals surface area contributed by atoms with E-state index in [1.54, 1.807) is 18.6 Å². The third kappa shape index (κ3) is 2.85. The van der Waals surface area contributed by atoms with E-state index in [0.29, 0.717) is 0 Å². The Morgan fingerprint density at radius 1 is 1.13 bits per heavy atom. The van der Waals surface area contributed by atoms with E-state index in [-0.39, 0.29) is 6.04 Å². The number of rotatable bonds is 4. The Balaban J connectivity index is 1.65. The zero-order valence-electron chi connectivity index (χ0n) is 12.8. The molecule has 1 saturated heterocycles. The lowest BCUT2D eigenvalue weighted by molar-refractivity contribution is 0.244. The first-order chi connectivity index (χ1) is 11.4. The molecule has 0 saturated carbocycles. The zero-order valence-corrected chi connectivity index (χ0v) is 12.8. The van der Waals surface area contributed by atoms with Gasteiger partial charge in [0.2, 0.25) is 0 Å². The second-order valence-electron chi connectivity index (χ2n) is 5.72. The van der Waals surface area contributed by atoms with Gasteiger partial charge in [-0.15, -0.1) is 0 Å². The average Bonchev–Trinajstić information content (AvgIpc) is 3.27. The van der Waals surface area contributed by atoms with Crippen LogP contribution in [0, 0.1) is 0 Å². The van der Waals surface area contributed by atoms with Crippen LogP contribution in [0.25, 0.3) is 11.5 Å². The topological polar surface area (TPSA) is 70.6 Å². The van der Waals surface area contributed by atoms with Crippen LogP contribution >= 0.6 is 0 Å². The van der Waals surface area contributed by atoms with Gasteiger partial charge in [0.05, 0.1) is 11.7 Å². The highest BCUT2D eigenvalue weighted by molar-refractivity contribution is 5.53. The molecule has 0 amide bonds. The maximum absolute atomic E-state index is 4.63. The quantitative estimate of drug-likeness (QED) is 0.802. The minimum absolute atomic E-state index is 0.268. The monoisotopic (exact) mass is 306 g/mol. The summed E-state index contributed by atoms with van der Waals surface area (Å²) < 4.78 is 0. The summed E-state index contributed by atoms with van der Waals surface area (Å²) in [6, 6.07) is 4.37. The molecule has 0 spiro atoms. The summed E-state index contributed by atoms with van der Waals surface area (Å²) in [5.41, 5.74) is 3.08. The molecule has 0 radical (unpaired) electrons. The molecule has 0 aromatic carbocycles. The van der Waals surface area contributed by atoms with Crippen LogP contribution in [-0.2, 0) is 6.54 Å². The lowest BCUT2D eigenvalue weighted by Gasteiger charge is -2.24. The molecule has 0 bridgehead atoms. The zero-order chi connectivity index (χ0) is 15.5. The molecule has 1 aliphatic rings. The lowest BCUT2D eigenvalue weighted by atomic mass is 10.1. The smallest absolute Gasteiger partial charge is 0.157 e. The van der Waals surface area contributed by atoms with Gasteiger partial charge in [0, 0.05) is 43.7 Å². The van der Waals surface area contributed by atoms with Crippen molar-refractivity contribution in [3.05, 3.63) is 60.6 Å². The number of nitrogens with one attached hydrogen (secondary N) is 1. The van der Waals surface area contributed by atoms with Gasteiger partial charge >= 0.3 is 0 Å². The fourth-order valence-electron chi connectivity index (χ4n) is 3.22. The highest BCUT2D eigenvalue weighted by Gasteiger charge is 2.30. The van der Waals surface area contributed by atoms with Crippen LogP contribution in [0.15, 0.2) is 49.3 Å². The van der Waals surface area contributed by atoms with E-state index in [2.05, 4.69) is 35.9 Å². The van der Waals surface area contributed by atoms with Crippen LogP contribution in [0.2, 0.25) is 0 Å². The van der Waals surface area contributed by atoms with E-state index in [0.717, 1.165) is 36.7 Å². The number of aromatic nitrogens is 5. The molecule has 4 rings (SSSR count). The molecule has 23 heavy (non-hydrogen) atoms. The molecule has 0 unspecified atom stereocenters. The van der Waals surface area contributed by atoms with Crippen molar-refractivity contribution in [1.82, 2.24) is 29.8 Å². The summed E-state index contributed by atoms with van der Waals surface area (Å²) in [6.07, 6.45) is 13.0. The van der Waals surface area contributed by atoms with E-state index in [1.807, 2.05) is 24.7 Å². The molecule has 1 N–H and O–H groups in total. The highest BCUT2D eigenvalue weighted by atomic mass is 15.2. The Hall–Kier alpha value is -2.60. The molecule has 3 aromatic rings. The number of H-pyrrole nitrogens is 1. The van der Waals surface area contributed by atoms with E-state index in [4.69, 9.17) is 0 Å². The second kappa shape index (κ2) is 6.26. The Morgan fingerprint density at radius 3 is 2.91 bits per heavy atom. The Morgan fingerprint density at radius 2 is 2.09 bits per heavy atom. The average molecular weight is 306 g/mol. The van der Waals surface area contributed by atoms with Crippen molar-refractivity contribution in [3.8, 4) is 11.5 Å². The molecular formula is C17H18N6. The molecule has 6 nitrogen and oxygen atoms in total. The number of aromatic amines is 1. The summed E-state index contributed by atoms with van der Waals surface area (Å²) in [7, 11) is 0. The molecule has 1 atom stereocenters. The largest absolute Gasteiger partial charge is 0.343 e. The SMILES string of the molecule is c1cncc(CN2CCC[C@@H]2c2nccnc2-c2ncc[nH]2)c1. The molecule has 3 aromatic heterocycles. The van der Waals surface area contributed by atoms with Crippen molar-refractivity contribution in [2.24, 2.45) is 0 Å². The fourth-order valence-corrected chi connectivity index (χ4v) is 3.22. The first kappa shape index (κ1) is 14.0. The van der Waals surface area contributed by atoms with Gasteiger partial charge in [-0.1, -0.05) is 6.07 Å². The number of likely N-dealkylation sites (tertiary alicyclic amines) is 1. The Kier molecular flexibility index (Phi) is 3.81. The summed E-state index contributed by atoms with van der Waals surface area (Å²) in [6.45, 7) is 1.94. The van der Waals surface area contributed by atoms with Crippen molar-refractivity contribution in [1.29, 1.82) is 0 Å². The van der Waals surface area contributed by atoms with Crippen molar-refractivity contribution >= 4 is 0 Å². The first-order valence-corrected chi connectivity index (χ1v) is 7.85. The molecule has 4 heterocycles. The van der Waals surface area contributed by atoms with Crippen LogP contribution in [0.3, 0.4) is 0 Å². The molecule has 1 aliphatic heterocycles. The second-order valence-corrected chi connectivity index (χ2v) is 5.72. The van der Waals surface area contributed by atoms with Crippen LogP contribution in [0.4, 0.5) is 0 Å². The minimum atomic E-state index is 0.268. The van der Waals surface area contributed by atoms with Gasteiger partial charge in [-0.25, -0.2) is 9.97 Å². The van der Waals surface area contributed by atoms with Gasteiger partial charge in [0.15, 0.2) is 5.82 Å². The van der Waals surface area contributed by atoms with Gasteiger partial charge in [0.1, 0.15) is 5.69 Å². The van der Waals surface area contributed by atoms with Crippen LogP contribution < -0.4 is 0 Å². The molecule has 0 aliphatic carbocycles. The standard InChI is InChI=1S/C17H18N6/c1-3-13(11-18-5-1)12-23-10-2-4-14(23)15-16(20-7-6-19-15)17-21-8-9-22-17/h1,3,5-9,11,14H,2,4,10,12H2,(H,21,22)/t14-/m1/s1. The predicted octanol–water partition coefficient (Wildman–Crippen LogP) is 2.60. The predicted molar refractivity (Wildman–Crippen MR) is 86.2 cm³/mol. The summed E-state index contributed by atoms with van der Waals surface area (Å²) >= 11 is 0. The maximum atomic E-state index is 4.63. The van der Waals surface area contributed by atoms with Crippen molar-refractivity contribution < 1.29 is 0 Å². The van der Waals surface area contributed by atoms with Crippen LogP contribution in [0.5, 0.6) is 0 Å².